The number of nitrogens with zero attached hydrogens (tertiary/aromatic N) is 2. The van der Waals surface area contributed by atoms with Gasteiger partial charge in [0.2, 0.25) is 0 Å². The zero-order valence-corrected chi connectivity index (χ0v) is 12.0. The maximum absolute atomic E-state index is 4.27. The molecule has 0 saturated heterocycles. The van der Waals surface area contributed by atoms with Crippen LogP contribution in [-0.2, 0) is 13.5 Å². The van der Waals surface area contributed by atoms with Gasteiger partial charge in [0, 0.05) is 13.2 Å². The van der Waals surface area contributed by atoms with Crippen LogP contribution in [0, 0.1) is 17.8 Å². The third-order valence-electron chi connectivity index (χ3n) is 4.03. The average Bonchev–Trinajstić information content (AvgIpc) is 2.89. The Morgan fingerprint density at radius 1 is 1.39 bits per heavy atom. The van der Waals surface area contributed by atoms with E-state index in [2.05, 4.69) is 30.5 Å². The quantitative estimate of drug-likeness (QED) is 0.840. The Morgan fingerprint density at radius 2 is 2.17 bits per heavy atom. The molecule has 1 aromatic rings. The molecule has 0 aliphatic heterocycles. The number of aryl methyl sites for hydroxylation is 1. The number of rotatable bonds is 6. The molecule has 102 valence electrons. The van der Waals surface area contributed by atoms with E-state index in [1.165, 1.54) is 37.8 Å². The lowest BCUT2D eigenvalue weighted by Crippen LogP contribution is -2.28. The van der Waals surface area contributed by atoms with Gasteiger partial charge in [-0.25, -0.2) is 0 Å². The first-order valence-corrected chi connectivity index (χ1v) is 7.33. The van der Waals surface area contributed by atoms with E-state index in [9.17, 15) is 0 Å². The second kappa shape index (κ2) is 6.37. The van der Waals surface area contributed by atoms with Gasteiger partial charge in [0.25, 0.3) is 0 Å². The summed E-state index contributed by atoms with van der Waals surface area (Å²) in [5.74, 6) is 2.47. The van der Waals surface area contributed by atoms with Crippen molar-refractivity contribution in [3.05, 3.63) is 18.0 Å². The summed E-state index contributed by atoms with van der Waals surface area (Å²) in [5, 5.41) is 7.90. The highest BCUT2D eigenvalue weighted by Gasteiger charge is 2.27. The molecule has 1 N–H and O–H groups in total. The SMILES string of the molecule is CC(C)CNCC1CCCC1Cc1cnn(C)c1. The Balaban J connectivity index is 1.80. The van der Waals surface area contributed by atoms with Gasteiger partial charge in [0.05, 0.1) is 6.20 Å². The Bertz CT molecular complexity index is 356. The molecule has 2 unspecified atom stereocenters. The van der Waals surface area contributed by atoms with E-state index in [1.807, 2.05) is 17.9 Å². The fourth-order valence-electron chi connectivity index (χ4n) is 3.09. The van der Waals surface area contributed by atoms with Crippen LogP contribution in [0.25, 0.3) is 0 Å². The minimum atomic E-state index is 0.753. The van der Waals surface area contributed by atoms with Crippen LogP contribution in [0.15, 0.2) is 12.4 Å². The molecule has 1 heterocycles. The molecule has 0 bridgehead atoms. The molecular formula is C15H27N3. The Morgan fingerprint density at radius 3 is 2.83 bits per heavy atom. The number of aromatic nitrogens is 2. The molecule has 18 heavy (non-hydrogen) atoms. The van der Waals surface area contributed by atoms with E-state index in [4.69, 9.17) is 0 Å². The normalized spacial score (nSPS) is 24.0. The monoisotopic (exact) mass is 249 g/mol. The molecule has 1 saturated carbocycles. The molecule has 1 aliphatic rings. The van der Waals surface area contributed by atoms with E-state index in [-0.39, 0.29) is 0 Å². The summed E-state index contributed by atoms with van der Waals surface area (Å²) >= 11 is 0. The number of hydrogen-bond donors (Lipinski definition) is 1. The summed E-state index contributed by atoms with van der Waals surface area (Å²) in [6.45, 7) is 6.89. The zero-order chi connectivity index (χ0) is 13.0. The summed E-state index contributed by atoms with van der Waals surface area (Å²) in [6, 6.07) is 0. The molecule has 3 nitrogen and oxygen atoms in total. The Labute approximate surface area is 111 Å². The first-order valence-electron chi connectivity index (χ1n) is 7.33. The van der Waals surface area contributed by atoms with Crippen molar-refractivity contribution in [3.8, 4) is 0 Å². The highest BCUT2D eigenvalue weighted by molar-refractivity contribution is 5.06. The van der Waals surface area contributed by atoms with E-state index in [1.54, 1.807) is 0 Å². The summed E-state index contributed by atoms with van der Waals surface area (Å²) in [4.78, 5) is 0. The molecule has 0 amide bonds. The summed E-state index contributed by atoms with van der Waals surface area (Å²) in [6.07, 6.45) is 9.59. The highest BCUT2D eigenvalue weighted by Crippen LogP contribution is 2.33. The van der Waals surface area contributed by atoms with Crippen LogP contribution in [0.5, 0.6) is 0 Å². The molecule has 1 fully saturated rings. The van der Waals surface area contributed by atoms with Crippen molar-refractivity contribution in [1.29, 1.82) is 0 Å². The summed E-state index contributed by atoms with van der Waals surface area (Å²) in [5.41, 5.74) is 1.40. The number of hydrogen-bond acceptors (Lipinski definition) is 2. The molecular weight excluding hydrogens is 222 g/mol. The molecule has 2 rings (SSSR count). The van der Waals surface area contributed by atoms with Crippen molar-refractivity contribution in [1.82, 2.24) is 15.1 Å². The van der Waals surface area contributed by atoms with Gasteiger partial charge in [0.1, 0.15) is 0 Å². The van der Waals surface area contributed by atoms with Gasteiger partial charge in [-0.05, 0) is 55.7 Å². The molecule has 0 aromatic carbocycles. The molecule has 1 aromatic heterocycles. The molecule has 0 radical (unpaired) electrons. The fraction of sp³-hybridized carbons (Fsp3) is 0.800. The predicted octanol–water partition coefficient (Wildman–Crippen LogP) is 2.62. The van der Waals surface area contributed by atoms with Crippen molar-refractivity contribution < 1.29 is 0 Å². The van der Waals surface area contributed by atoms with Crippen molar-refractivity contribution in [2.45, 2.75) is 39.5 Å². The largest absolute Gasteiger partial charge is 0.316 e. The van der Waals surface area contributed by atoms with E-state index < -0.39 is 0 Å². The van der Waals surface area contributed by atoms with E-state index in [0.717, 1.165) is 24.3 Å². The molecule has 2 atom stereocenters. The van der Waals surface area contributed by atoms with Crippen LogP contribution in [0.2, 0.25) is 0 Å². The van der Waals surface area contributed by atoms with Crippen LogP contribution in [0.3, 0.4) is 0 Å². The molecule has 0 spiro atoms. The Kier molecular flexibility index (Phi) is 4.81. The van der Waals surface area contributed by atoms with E-state index >= 15 is 0 Å². The lowest BCUT2D eigenvalue weighted by Gasteiger charge is -2.20. The van der Waals surface area contributed by atoms with Crippen LogP contribution < -0.4 is 5.32 Å². The second-order valence-corrected chi connectivity index (χ2v) is 6.23. The second-order valence-electron chi connectivity index (χ2n) is 6.23. The van der Waals surface area contributed by atoms with Crippen LogP contribution in [0.1, 0.15) is 38.7 Å². The van der Waals surface area contributed by atoms with Gasteiger partial charge in [0.15, 0.2) is 0 Å². The first-order chi connectivity index (χ1) is 8.65. The van der Waals surface area contributed by atoms with Gasteiger partial charge < -0.3 is 5.32 Å². The van der Waals surface area contributed by atoms with Crippen molar-refractivity contribution in [3.63, 3.8) is 0 Å². The maximum Gasteiger partial charge on any atom is 0.0521 e. The van der Waals surface area contributed by atoms with E-state index in [0.29, 0.717) is 0 Å². The van der Waals surface area contributed by atoms with Gasteiger partial charge in [-0.15, -0.1) is 0 Å². The fourth-order valence-corrected chi connectivity index (χ4v) is 3.09. The van der Waals surface area contributed by atoms with Gasteiger partial charge >= 0.3 is 0 Å². The van der Waals surface area contributed by atoms with Gasteiger partial charge in [-0.2, -0.15) is 5.10 Å². The summed E-state index contributed by atoms with van der Waals surface area (Å²) < 4.78 is 1.91. The predicted molar refractivity (Wildman–Crippen MR) is 75.5 cm³/mol. The first kappa shape index (κ1) is 13.6. The highest BCUT2D eigenvalue weighted by atomic mass is 15.2. The van der Waals surface area contributed by atoms with Crippen LogP contribution in [0.4, 0.5) is 0 Å². The smallest absolute Gasteiger partial charge is 0.0521 e. The minimum absolute atomic E-state index is 0.753. The standard InChI is InChI=1S/C15H27N3/c1-12(2)8-16-10-15-6-4-5-14(15)7-13-9-17-18(3)11-13/h9,11-12,14-16H,4-8,10H2,1-3H3. The van der Waals surface area contributed by atoms with Crippen LogP contribution in [-0.4, -0.2) is 22.9 Å². The lowest BCUT2D eigenvalue weighted by molar-refractivity contribution is 0.357. The molecule has 1 aliphatic carbocycles. The van der Waals surface area contributed by atoms with Gasteiger partial charge in [-0.3, -0.25) is 4.68 Å². The summed E-state index contributed by atoms with van der Waals surface area (Å²) in [7, 11) is 2.00. The van der Waals surface area contributed by atoms with Crippen LogP contribution >= 0.6 is 0 Å². The topological polar surface area (TPSA) is 29.9 Å². The molecule has 3 heteroatoms. The zero-order valence-electron chi connectivity index (χ0n) is 12.0. The Hall–Kier alpha value is -0.830. The third kappa shape index (κ3) is 3.84. The van der Waals surface area contributed by atoms with Crippen molar-refractivity contribution in [2.24, 2.45) is 24.8 Å². The van der Waals surface area contributed by atoms with Crippen molar-refractivity contribution in [2.75, 3.05) is 13.1 Å². The maximum atomic E-state index is 4.27. The van der Waals surface area contributed by atoms with Gasteiger partial charge in [-0.1, -0.05) is 20.3 Å². The third-order valence-corrected chi connectivity index (χ3v) is 4.03. The van der Waals surface area contributed by atoms with Crippen molar-refractivity contribution >= 4 is 0 Å². The lowest BCUT2D eigenvalue weighted by atomic mass is 9.90. The number of nitrogens with one attached hydrogen (secondary N) is 1. The minimum Gasteiger partial charge on any atom is -0.316 e. The average molecular weight is 249 g/mol.